The molecule has 3 nitrogen and oxygen atoms in total. The van der Waals surface area contributed by atoms with Crippen molar-refractivity contribution in [2.75, 3.05) is 0 Å². The van der Waals surface area contributed by atoms with Gasteiger partial charge in [0.2, 0.25) is 9.84 Å². The Morgan fingerprint density at radius 3 is 2.48 bits per heavy atom. The molecule has 0 aliphatic heterocycles. The van der Waals surface area contributed by atoms with Crippen LogP contribution in [-0.4, -0.2) is 19.6 Å². The summed E-state index contributed by atoms with van der Waals surface area (Å²) < 4.78 is 25.4. The number of benzene rings is 1. The van der Waals surface area contributed by atoms with Crippen LogP contribution in [0.25, 0.3) is 0 Å². The van der Waals surface area contributed by atoms with Gasteiger partial charge in [-0.3, -0.25) is 0 Å². The molecule has 0 amide bonds. The van der Waals surface area contributed by atoms with E-state index in [-0.39, 0.29) is 15.7 Å². The van der Waals surface area contributed by atoms with Crippen LogP contribution < -0.4 is 0 Å². The predicted octanol–water partition coefficient (Wildman–Crippen LogP) is 3.34. The van der Waals surface area contributed by atoms with E-state index in [0.717, 1.165) is 11.3 Å². The summed E-state index contributed by atoms with van der Waals surface area (Å²) in [6.45, 7) is 0. The van der Waals surface area contributed by atoms with Crippen LogP contribution >= 0.6 is 11.3 Å². The summed E-state index contributed by atoms with van der Waals surface area (Å²) in [4.78, 5) is 1.52. The predicted molar refractivity (Wildman–Crippen MR) is 84.0 cm³/mol. The van der Waals surface area contributed by atoms with Gasteiger partial charge in [-0.05, 0) is 36.4 Å². The molecule has 1 aliphatic carbocycles. The van der Waals surface area contributed by atoms with Crippen molar-refractivity contribution in [2.45, 2.75) is 29.8 Å². The first-order valence-electron chi connectivity index (χ1n) is 6.82. The van der Waals surface area contributed by atoms with E-state index in [4.69, 9.17) is 0 Å². The molecule has 21 heavy (non-hydrogen) atoms. The molecule has 0 unspecified atom stereocenters. The van der Waals surface area contributed by atoms with Crippen molar-refractivity contribution < 1.29 is 13.5 Å². The van der Waals surface area contributed by atoms with Gasteiger partial charge >= 0.3 is 0 Å². The molecule has 0 saturated carbocycles. The highest BCUT2D eigenvalue weighted by molar-refractivity contribution is 7.95. The molecule has 2 atom stereocenters. The monoisotopic (exact) mass is 320 g/mol. The Balaban J connectivity index is 2.03. The van der Waals surface area contributed by atoms with Crippen LogP contribution in [0.15, 0.2) is 63.7 Å². The number of aliphatic hydroxyl groups is 1. The molecule has 3 rings (SSSR count). The molecule has 0 spiro atoms. The largest absolute Gasteiger partial charge is 0.388 e. The van der Waals surface area contributed by atoms with Crippen LogP contribution in [0.3, 0.4) is 0 Å². The summed E-state index contributed by atoms with van der Waals surface area (Å²) in [6.07, 6.45) is 2.06. The number of hydrogen-bond donors (Lipinski definition) is 1. The van der Waals surface area contributed by atoms with Gasteiger partial charge in [0, 0.05) is 10.8 Å². The van der Waals surface area contributed by atoms with Gasteiger partial charge in [-0.25, -0.2) is 8.42 Å². The number of aliphatic hydroxyl groups excluding tert-OH is 1. The number of hydrogen-bond acceptors (Lipinski definition) is 4. The molecule has 5 heteroatoms. The summed E-state index contributed by atoms with van der Waals surface area (Å²) in [7, 11) is -3.62. The van der Waals surface area contributed by atoms with E-state index >= 15 is 0 Å². The minimum Gasteiger partial charge on any atom is -0.388 e. The van der Waals surface area contributed by atoms with E-state index < -0.39 is 15.9 Å². The summed E-state index contributed by atoms with van der Waals surface area (Å²) in [5, 5.41) is 12.1. The van der Waals surface area contributed by atoms with E-state index in [9.17, 15) is 13.5 Å². The van der Waals surface area contributed by atoms with E-state index in [0.29, 0.717) is 6.42 Å². The molecule has 0 fully saturated rings. The molecule has 2 aromatic rings. The normalized spacial score (nSPS) is 22.8. The number of allylic oxidation sites excluding steroid dienone is 1. The lowest BCUT2D eigenvalue weighted by atomic mass is 9.93. The molecule has 1 aliphatic rings. The fourth-order valence-corrected chi connectivity index (χ4v) is 5.04. The molecule has 1 aromatic carbocycles. The Morgan fingerprint density at radius 2 is 1.81 bits per heavy atom. The quantitative estimate of drug-likeness (QED) is 0.943. The minimum atomic E-state index is -3.62. The summed E-state index contributed by atoms with van der Waals surface area (Å²) in [5.74, 6) is 0.0712. The van der Waals surface area contributed by atoms with Gasteiger partial charge in [-0.2, -0.15) is 0 Å². The number of rotatable bonds is 3. The zero-order valence-electron chi connectivity index (χ0n) is 11.3. The van der Waals surface area contributed by atoms with Crippen molar-refractivity contribution in [3.8, 4) is 0 Å². The molecule has 1 aromatic heterocycles. The number of sulfone groups is 1. The fourth-order valence-electron chi connectivity index (χ4n) is 2.60. The van der Waals surface area contributed by atoms with Crippen LogP contribution in [0.1, 0.15) is 23.6 Å². The maximum atomic E-state index is 12.7. The van der Waals surface area contributed by atoms with Crippen molar-refractivity contribution >= 4 is 21.2 Å². The Bertz CT molecular complexity index is 731. The van der Waals surface area contributed by atoms with Crippen molar-refractivity contribution in [1.82, 2.24) is 0 Å². The highest BCUT2D eigenvalue weighted by Crippen LogP contribution is 2.37. The summed E-state index contributed by atoms with van der Waals surface area (Å²) >= 11 is 1.62. The van der Waals surface area contributed by atoms with E-state index in [1.807, 2.05) is 17.5 Å². The van der Waals surface area contributed by atoms with Crippen LogP contribution in [0.2, 0.25) is 0 Å². The number of thiophene rings is 1. The zero-order valence-corrected chi connectivity index (χ0v) is 13.0. The maximum Gasteiger partial charge on any atom is 0.205 e. The molecule has 0 saturated heterocycles. The van der Waals surface area contributed by atoms with Gasteiger partial charge in [0.15, 0.2) is 0 Å². The topological polar surface area (TPSA) is 54.4 Å². The van der Waals surface area contributed by atoms with Crippen LogP contribution in [0, 0.1) is 0 Å². The second-order valence-corrected chi connectivity index (χ2v) is 8.03. The average molecular weight is 320 g/mol. The van der Waals surface area contributed by atoms with Crippen LogP contribution in [-0.2, 0) is 9.84 Å². The standard InChI is InChI=1S/C16H16O3S2/c17-14-9-8-12(15-7-4-10-20-15)11-16(14)21(18,19)13-5-2-1-3-6-13/h1-7,10-12,14,17H,8-9H2/t12-,14-/m0/s1. The van der Waals surface area contributed by atoms with Gasteiger partial charge in [0.25, 0.3) is 0 Å². The molecule has 110 valence electrons. The fraction of sp³-hybridized carbons (Fsp3) is 0.250. The first-order chi connectivity index (χ1) is 10.1. The second kappa shape index (κ2) is 5.75. The molecular formula is C16H16O3S2. The van der Waals surface area contributed by atoms with Gasteiger partial charge < -0.3 is 5.11 Å². The van der Waals surface area contributed by atoms with Crippen molar-refractivity contribution in [2.24, 2.45) is 0 Å². The maximum absolute atomic E-state index is 12.7. The van der Waals surface area contributed by atoms with Gasteiger partial charge in [-0.1, -0.05) is 30.3 Å². The molecule has 0 radical (unpaired) electrons. The van der Waals surface area contributed by atoms with Gasteiger partial charge in [-0.15, -0.1) is 11.3 Å². The second-order valence-electron chi connectivity index (χ2n) is 5.10. The highest BCUT2D eigenvalue weighted by Gasteiger charge is 2.32. The minimum absolute atomic E-state index is 0.0712. The third kappa shape index (κ3) is 2.81. The first-order valence-corrected chi connectivity index (χ1v) is 9.18. The Hall–Kier alpha value is -1.43. The SMILES string of the molecule is O=S(=O)(C1=C[C@@H](c2cccs2)CC[C@@H]1O)c1ccccc1. The lowest BCUT2D eigenvalue weighted by Crippen LogP contribution is -2.23. The first kappa shape index (κ1) is 14.5. The van der Waals surface area contributed by atoms with Gasteiger partial charge in [0.1, 0.15) is 0 Å². The van der Waals surface area contributed by atoms with Crippen LogP contribution in [0.5, 0.6) is 0 Å². The van der Waals surface area contributed by atoms with E-state index in [2.05, 4.69) is 0 Å². The Labute approximate surface area is 128 Å². The summed E-state index contributed by atoms with van der Waals surface area (Å²) in [5.41, 5.74) is 0. The Morgan fingerprint density at radius 1 is 1.05 bits per heavy atom. The van der Waals surface area contributed by atoms with Crippen molar-refractivity contribution in [3.05, 3.63) is 63.7 Å². The van der Waals surface area contributed by atoms with Crippen molar-refractivity contribution in [3.63, 3.8) is 0 Å². The van der Waals surface area contributed by atoms with Gasteiger partial charge in [0.05, 0.1) is 15.9 Å². The third-order valence-electron chi connectivity index (χ3n) is 3.72. The zero-order chi connectivity index (χ0) is 14.9. The van der Waals surface area contributed by atoms with E-state index in [1.165, 1.54) is 0 Å². The molecular weight excluding hydrogens is 304 g/mol. The third-order valence-corrected chi connectivity index (χ3v) is 6.64. The van der Waals surface area contributed by atoms with E-state index in [1.54, 1.807) is 47.7 Å². The van der Waals surface area contributed by atoms with Crippen molar-refractivity contribution in [1.29, 1.82) is 0 Å². The molecule has 1 heterocycles. The lowest BCUT2D eigenvalue weighted by Gasteiger charge is -2.24. The molecule has 0 bridgehead atoms. The lowest BCUT2D eigenvalue weighted by molar-refractivity contribution is 0.196. The average Bonchev–Trinajstić information content (AvgIpc) is 3.03. The van der Waals surface area contributed by atoms with Crippen LogP contribution in [0.4, 0.5) is 0 Å². The Kier molecular flexibility index (Phi) is 3.97. The summed E-state index contributed by atoms with van der Waals surface area (Å²) in [6, 6.07) is 12.3. The highest BCUT2D eigenvalue weighted by atomic mass is 32.2. The smallest absolute Gasteiger partial charge is 0.205 e. The molecule has 1 N–H and O–H groups in total.